The molecule has 21 heavy (non-hydrogen) atoms. The summed E-state index contributed by atoms with van der Waals surface area (Å²) < 4.78 is 12.2. The van der Waals surface area contributed by atoms with Crippen LogP contribution < -0.4 is 11.4 Å². The van der Waals surface area contributed by atoms with Crippen LogP contribution in [0.15, 0.2) is 11.0 Å². The van der Waals surface area contributed by atoms with Crippen molar-refractivity contribution in [2.24, 2.45) is 0 Å². The first-order valence-corrected chi connectivity index (χ1v) is 7.65. The van der Waals surface area contributed by atoms with E-state index in [0.29, 0.717) is 19.8 Å². The molecule has 0 unspecified atom stereocenters. The molecule has 1 aromatic rings. The second kappa shape index (κ2) is 13.6. The predicted octanol–water partition coefficient (Wildman–Crippen LogP) is 2.59. The highest BCUT2D eigenvalue weighted by atomic mass is 16.7. The maximum absolute atomic E-state index is 11.6. The number of hydrogen-bond donors (Lipinski definition) is 1. The van der Waals surface area contributed by atoms with Crippen molar-refractivity contribution in [1.29, 1.82) is 0 Å². The van der Waals surface area contributed by atoms with Gasteiger partial charge in [0.05, 0.1) is 6.54 Å². The van der Waals surface area contributed by atoms with E-state index < -0.39 is 12.0 Å². The van der Waals surface area contributed by atoms with Crippen molar-refractivity contribution in [2.45, 2.75) is 61.3 Å². The highest BCUT2D eigenvalue weighted by Crippen LogP contribution is 2.04. The third-order valence-corrected chi connectivity index (χ3v) is 2.27. The van der Waals surface area contributed by atoms with Crippen molar-refractivity contribution >= 4 is 5.82 Å². The second-order valence-corrected chi connectivity index (χ2v) is 3.58. The number of nitrogens with zero attached hydrogens (tertiary/aromatic N) is 2. The number of ether oxygens (including phenoxy) is 2. The average Bonchev–Trinajstić information content (AvgIpc) is 2.49. The minimum Gasteiger partial charge on any atom is -0.383 e. The SMILES string of the molecule is CC.CC.CCOC(Cn1cc(C)c(N)nc1=O)OCC. The van der Waals surface area contributed by atoms with Crippen LogP contribution in [0.5, 0.6) is 0 Å². The van der Waals surface area contributed by atoms with Crippen molar-refractivity contribution in [3.63, 3.8) is 0 Å². The number of anilines is 1. The van der Waals surface area contributed by atoms with Gasteiger partial charge in [-0.05, 0) is 20.8 Å². The predicted molar refractivity (Wildman–Crippen MR) is 87.4 cm³/mol. The maximum Gasteiger partial charge on any atom is 0.349 e. The highest BCUT2D eigenvalue weighted by molar-refractivity contribution is 5.34. The summed E-state index contributed by atoms with van der Waals surface area (Å²) in [5.41, 5.74) is 5.92. The molecule has 1 rings (SSSR count). The molecule has 0 aliphatic carbocycles. The van der Waals surface area contributed by atoms with Gasteiger partial charge >= 0.3 is 5.69 Å². The highest BCUT2D eigenvalue weighted by Gasteiger charge is 2.11. The van der Waals surface area contributed by atoms with Gasteiger partial charge in [0.2, 0.25) is 0 Å². The summed E-state index contributed by atoms with van der Waals surface area (Å²) in [6.07, 6.45) is 1.22. The Balaban J connectivity index is 0. The standard InChI is InChI=1S/C11H19N3O3.2C2H6/c1-4-16-9(17-5-2)7-14-6-8(3)10(12)13-11(14)15;2*1-2/h6,9H,4-5,7H2,1-3H3,(H2,12,13,15);2*1-2H3. The minimum absolute atomic E-state index is 0.260. The van der Waals surface area contributed by atoms with Crippen LogP contribution in [0.1, 0.15) is 47.1 Å². The Bertz CT molecular complexity index is 413. The molecular formula is C15H31N3O3. The molecule has 0 aromatic carbocycles. The first-order chi connectivity index (χ1) is 10.1. The lowest BCUT2D eigenvalue weighted by atomic mass is 10.3. The zero-order valence-corrected chi connectivity index (χ0v) is 14.5. The van der Waals surface area contributed by atoms with Gasteiger partial charge < -0.3 is 15.2 Å². The minimum atomic E-state index is -0.437. The number of nitrogen functional groups attached to an aromatic ring is 1. The third-order valence-electron chi connectivity index (χ3n) is 2.27. The molecule has 0 saturated carbocycles. The summed E-state index contributed by atoms with van der Waals surface area (Å²) in [5, 5.41) is 0. The topological polar surface area (TPSA) is 79.4 Å². The molecule has 0 fully saturated rings. The van der Waals surface area contributed by atoms with Gasteiger partial charge in [0.1, 0.15) is 5.82 Å². The van der Waals surface area contributed by atoms with E-state index in [0.717, 1.165) is 5.56 Å². The second-order valence-electron chi connectivity index (χ2n) is 3.58. The third kappa shape index (κ3) is 8.47. The van der Waals surface area contributed by atoms with Crippen LogP contribution in [0, 0.1) is 6.92 Å². The molecule has 0 bridgehead atoms. The van der Waals surface area contributed by atoms with Gasteiger partial charge in [0, 0.05) is 25.0 Å². The van der Waals surface area contributed by atoms with E-state index in [2.05, 4.69) is 4.98 Å². The van der Waals surface area contributed by atoms with Crippen LogP contribution in [0.2, 0.25) is 0 Å². The molecule has 2 N–H and O–H groups in total. The van der Waals surface area contributed by atoms with E-state index in [9.17, 15) is 4.79 Å². The summed E-state index contributed by atoms with van der Waals surface area (Å²) in [5.74, 6) is 0.260. The number of rotatable bonds is 6. The van der Waals surface area contributed by atoms with Crippen LogP contribution in [0.3, 0.4) is 0 Å². The van der Waals surface area contributed by atoms with E-state index in [4.69, 9.17) is 15.2 Å². The normalized spacial score (nSPS) is 9.52. The first-order valence-electron chi connectivity index (χ1n) is 7.65. The molecule has 0 saturated heterocycles. The van der Waals surface area contributed by atoms with Crippen molar-refractivity contribution in [3.8, 4) is 0 Å². The zero-order chi connectivity index (χ0) is 16.8. The Kier molecular flexibility index (Phi) is 14.2. The van der Waals surface area contributed by atoms with Crippen LogP contribution in [0.4, 0.5) is 5.82 Å². The molecule has 124 valence electrons. The van der Waals surface area contributed by atoms with Gasteiger partial charge in [0.15, 0.2) is 6.29 Å². The molecule has 0 amide bonds. The van der Waals surface area contributed by atoms with Crippen molar-refractivity contribution in [1.82, 2.24) is 9.55 Å². The summed E-state index contributed by atoms with van der Waals surface area (Å²) in [7, 11) is 0. The monoisotopic (exact) mass is 301 g/mol. The number of aromatic nitrogens is 2. The molecule has 6 nitrogen and oxygen atoms in total. The molecule has 1 heterocycles. The summed E-state index contributed by atoms with van der Waals surface area (Å²) in [6, 6.07) is 0. The fourth-order valence-electron chi connectivity index (χ4n) is 1.43. The van der Waals surface area contributed by atoms with E-state index in [1.807, 2.05) is 41.5 Å². The molecular weight excluding hydrogens is 270 g/mol. The van der Waals surface area contributed by atoms with Gasteiger partial charge in [-0.2, -0.15) is 4.98 Å². The smallest absolute Gasteiger partial charge is 0.349 e. The first kappa shape index (κ1) is 21.9. The number of nitrogens with two attached hydrogens (primary N) is 1. The zero-order valence-electron chi connectivity index (χ0n) is 14.5. The van der Waals surface area contributed by atoms with E-state index in [1.165, 1.54) is 4.57 Å². The Morgan fingerprint density at radius 3 is 2.10 bits per heavy atom. The van der Waals surface area contributed by atoms with Crippen LogP contribution in [-0.4, -0.2) is 29.1 Å². The Morgan fingerprint density at radius 2 is 1.67 bits per heavy atom. The summed E-state index contributed by atoms with van der Waals surface area (Å²) >= 11 is 0. The maximum atomic E-state index is 11.6. The largest absolute Gasteiger partial charge is 0.383 e. The molecule has 0 aliphatic rings. The van der Waals surface area contributed by atoms with Crippen LogP contribution in [0.25, 0.3) is 0 Å². The van der Waals surface area contributed by atoms with Gasteiger partial charge in [-0.25, -0.2) is 4.79 Å². The number of aryl methyl sites for hydroxylation is 1. The van der Waals surface area contributed by atoms with E-state index >= 15 is 0 Å². The van der Waals surface area contributed by atoms with E-state index in [1.54, 1.807) is 13.1 Å². The van der Waals surface area contributed by atoms with Crippen molar-refractivity contribution in [2.75, 3.05) is 18.9 Å². The fraction of sp³-hybridized carbons (Fsp3) is 0.733. The fourth-order valence-corrected chi connectivity index (χ4v) is 1.43. The molecule has 0 atom stereocenters. The molecule has 1 aromatic heterocycles. The van der Waals surface area contributed by atoms with Crippen molar-refractivity contribution < 1.29 is 9.47 Å². The lowest BCUT2D eigenvalue weighted by Gasteiger charge is -2.18. The Morgan fingerprint density at radius 1 is 1.19 bits per heavy atom. The van der Waals surface area contributed by atoms with Crippen LogP contribution >= 0.6 is 0 Å². The van der Waals surface area contributed by atoms with Crippen molar-refractivity contribution in [3.05, 3.63) is 22.2 Å². The molecule has 0 aliphatic heterocycles. The average molecular weight is 301 g/mol. The van der Waals surface area contributed by atoms with E-state index in [-0.39, 0.29) is 5.82 Å². The molecule has 0 radical (unpaired) electrons. The summed E-state index contributed by atoms with van der Waals surface area (Å²) in [4.78, 5) is 15.3. The van der Waals surface area contributed by atoms with Gasteiger partial charge in [-0.15, -0.1) is 0 Å². The lowest BCUT2D eigenvalue weighted by molar-refractivity contribution is -0.144. The van der Waals surface area contributed by atoms with Gasteiger partial charge in [-0.3, -0.25) is 4.57 Å². The quantitative estimate of drug-likeness (QED) is 0.817. The van der Waals surface area contributed by atoms with Gasteiger partial charge in [-0.1, -0.05) is 27.7 Å². The summed E-state index contributed by atoms with van der Waals surface area (Å²) in [6.45, 7) is 14.9. The lowest BCUT2D eigenvalue weighted by Crippen LogP contribution is -2.32. The van der Waals surface area contributed by atoms with Gasteiger partial charge in [0.25, 0.3) is 0 Å². The molecule has 6 heteroatoms. The Labute approximate surface area is 128 Å². The molecule has 0 spiro atoms. The number of hydrogen-bond acceptors (Lipinski definition) is 5. The Hall–Kier alpha value is -1.40. The van der Waals surface area contributed by atoms with Crippen LogP contribution in [-0.2, 0) is 16.0 Å².